The standard InChI is InChI=1S/C12H15F3N2O2S/c1-8(2)11(12(13,14)15)16-17-20(18,19)10-6-4-9(3)5-7-10/h4-8,17H,1-3H3/b16-11+. The van der Waals surface area contributed by atoms with Gasteiger partial charge in [0.05, 0.1) is 4.90 Å². The van der Waals surface area contributed by atoms with E-state index in [1.54, 1.807) is 23.9 Å². The molecule has 1 rings (SSSR count). The van der Waals surface area contributed by atoms with Crippen molar-refractivity contribution in [3.05, 3.63) is 29.8 Å². The molecular weight excluding hydrogens is 293 g/mol. The lowest BCUT2D eigenvalue weighted by Gasteiger charge is -2.14. The Morgan fingerprint density at radius 1 is 1.20 bits per heavy atom. The molecule has 0 aliphatic heterocycles. The highest BCUT2D eigenvalue weighted by molar-refractivity contribution is 7.89. The lowest BCUT2D eigenvalue weighted by Crippen LogP contribution is -2.32. The molecule has 1 N–H and O–H groups in total. The molecule has 20 heavy (non-hydrogen) atoms. The van der Waals surface area contributed by atoms with Crippen LogP contribution < -0.4 is 4.83 Å². The molecule has 0 aliphatic rings. The summed E-state index contributed by atoms with van der Waals surface area (Å²) in [6.45, 7) is 4.33. The van der Waals surface area contributed by atoms with Gasteiger partial charge in [-0.05, 0) is 19.1 Å². The monoisotopic (exact) mass is 308 g/mol. The predicted molar refractivity (Wildman–Crippen MR) is 69.8 cm³/mol. The molecule has 0 spiro atoms. The zero-order chi connectivity index (χ0) is 15.6. The molecule has 1 aromatic carbocycles. The molecule has 0 saturated carbocycles. The van der Waals surface area contributed by atoms with Crippen LogP contribution in [0.3, 0.4) is 0 Å². The van der Waals surface area contributed by atoms with Crippen LogP contribution in [0.1, 0.15) is 19.4 Å². The number of nitrogens with one attached hydrogen (secondary N) is 1. The Morgan fingerprint density at radius 2 is 1.70 bits per heavy atom. The normalized spacial score (nSPS) is 13.7. The van der Waals surface area contributed by atoms with Crippen LogP contribution in [0.5, 0.6) is 0 Å². The Labute approximate surface area is 115 Å². The van der Waals surface area contributed by atoms with Gasteiger partial charge in [0.15, 0.2) is 0 Å². The number of nitrogens with zero attached hydrogens (tertiary/aromatic N) is 1. The van der Waals surface area contributed by atoms with Gasteiger partial charge in [-0.15, -0.1) is 0 Å². The van der Waals surface area contributed by atoms with E-state index in [1.807, 2.05) is 0 Å². The number of sulfonamides is 1. The highest BCUT2D eigenvalue weighted by Crippen LogP contribution is 2.22. The zero-order valence-corrected chi connectivity index (χ0v) is 12.0. The van der Waals surface area contributed by atoms with Gasteiger partial charge in [0.2, 0.25) is 0 Å². The molecule has 112 valence electrons. The Bertz CT molecular complexity index is 590. The van der Waals surface area contributed by atoms with Crippen LogP contribution >= 0.6 is 0 Å². The van der Waals surface area contributed by atoms with Gasteiger partial charge < -0.3 is 0 Å². The molecule has 1 aromatic rings. The number of hydrogen-bond acceptors (Lipinski definition) is 3. The van der Waals surface area contributed by atoms with E-state index in [4.69, 9.17) is 0 Å². The summed E-state index contributed by atoms with van der Waals surface area (Å²) < 4.78 is 61.5. The minimum absolute atomic E-state index is 0.142. The molecule has 0 heterocycles. The first-order valence-corrected chi connectivity index (χ1v) is 7.25. The quantitative estimate of drug-likeness (QED) is 0.687. The van der Waals surface area contributed by atoms with Crippen LogP contribution in [0.25, 0.3) is 0 Å². The fourth-order valence-electron chi connectivity index (χ4n) is 1.40. The third-order valence-electron chi connectivity index (χ3n) is 2.45. The number of aryl methyl sites for hydroxylation is 1. The van der Waals surface area contributed by atoms with Gasteiger partial charge in [0.1, 0.15) is 5.71 Å². The molecule has 0 atom stereocenters. The molecule has 0 amide bonds. The summed E-state index contributed by atoms with van der Waals surface area (Å²) in [5, 5.41) is 3.02. The highest BCUT2D eigenvalue weighted by Gasteiger charge is 2.38. The van der Waals surface area contributed by atoms with Gasteiger partial charge in [-0.3, -0.25) is 0 Å². The first-order valence-electron chi connectivity index (χ1n) is 5.77. The van der Waals surface area contributed by atoms with E-state index in [9.17, 15) is 21.6 Å². The molecule has 0 saturated heterocycles. The maximum atomic E-state index is 12.6. The van der Waals surface area contributed by atoms with E-state index in [2.05, 4.69) is 5.10 Å². The average Bonchev–Trinajstić information content (AvgIpc) is 2.27. The van der Waals surface area contributed by atoms with Gasteiger partial charge in [0, 0.05) is 5.92 Å². The van der Waals surface area contributed by atoms with E-state index in [-0.39, 0.29) is 4.90 Å². The van der Waals surface area contributed by atoms with Crippen molar-refractivity contribution in [3.8, 4) is 0 Å². The summed E-state index contributed by atoms with van der Waals surface area (Å²) in [5.74, 6) is -0.948. The maximum absolute atomic E-state index is 12.6. The van der Waals surface area contributed by atoms with Crippen molar-refractivity contribution in [3.63, 3.8) is 0 Å². The van der Waals surface area contributed by atoms with Crippen LogP contribution in [-0.4, -0.2) is 20.3 Å². The fourth-order valence-corrected chi connectivity index (χ4v) is 2.22. The van der Waals surface area contributed by atoms with E-state index >= 15 is 0 Å². The summed E-state index contributed by atoms with van der Waals surface area (Å²) in [7, 11) is -4.10. The van der Waals surface area contributed by atoms with Crippen LogP contribution in [0.15, 0.2) is 34.3 Å². The lowest BCUT2D eigenvalue weighted by molar-refractivity contribution is -0.0625. The SMILES string of the molecule is Cc1ccc(S(=O)(=O)N/N=C(\C(C)C)C(F)(F)F)cc1. The first-order chi connectivity index (χ1) is 9.04. The van der Waals surface area contributed by atoms with Crippen LogP contribution in [-0.2, 0) is 10.0 Å². The molecule has 4 nitrogen and oxygen atoms in total. The van der Waals surface area contributed by atoms with Crippen molar-refractivity contribution in [2.24, 2.45) is 11.0 Å². The minimum atomic E-state index is -4.68. The van der Waals surface area contributed by atoms with Crippen molar-refractivity contribution in [1.82, 2.24) is 4.83 Å². The Balaban J connectivity index is 3.05. The molecule has 0 unspecified atom stereocenters. The summed E-state index contributed by atoms with van der Waals surface area (Å²) in [4.78, 5) is 1.48. The number of benzene rings is 1. The molecule has 8 heteroatoms. The number of alkyl halides is 3. The van der Waals surface area contributed by atoms with Crippen LogP contribution in [0.4, 0.5) is 13.2 Å². The molecule has 0 bridgehead atoms. The van der Waals surface area contributed by atoms with Gasteiger partial charge >= 0.3 is 6.18 Å². The van der Waals surface area contributed by atoms with E-state index in [0.29, 0.717) is 0 Å². The number of hydrazone groups is 1. The van der Waals surface area contributed by atoms with E-state index < -0.39 is 27.8 Å². The molecule has 0 aromatic heterocycles. The molecule has 0 radical (unpaired) electrons. The topological polar surface area (TPSA) is 58.5 Å². The van der Waals surface area contributed by atoms with Crippen molar-refractivity contribution >= 4 is 15.7 Å². The number of rotatable bonds is 4. The minimum Gasteiger partial charge on any atom is -0.200 e. The Morgan fingerprint density at radius 3 is 2.10 bits per heavy atom. The van der Waals surface area contributed by atoms with Gasteiger partial charge in [0.25, 0.3) is 10.0 Å². The second-order valence-electron chi connectivity index (χ2n) is 4.56. The largest absolute Gasteiger partial charge is 0.431 e. The fraction of sp³-hybridized carbons (Fsp3) is 0.417. The molecule has 0 fully saturated rings. The van der Waals surface area contributed by atoms with Crippen molar-refractivity contribution in [2.45, 2.75) is 31.8 Å². The summed E-state index contributed by atoms with van der Waals surface area (Å²) in [6.07, 6.45) is -4.68. The average molecular weight is 308 g/mol. The summed E-state index contributed by atoms with van der Waals surface area (Å²) in [5.41, 5.74) is -0.334. The van der Waals surface area contributed by atoms with E-state index in [0.717, 1.165) is 5.56 Å². The number of hydrogen-bond donors (Lipinski definition) is 1. The van der Waals surface area contributed by atoms with Gasteiger partial charge in [-0.25, -0.2) is 0 Å². The predicted octanol–water partition coefficient (Wildman–Crippen LogP) is 2.85. The van der Waals surface area contributed by atoms with Crippen LogP contribution in [0, 0.1) is 12.8 Å². The second-order valence-corrected chi connectivity index (χ2v) is 6.22. The third kappa shape index (κ3) is 4.22. The van der Waals surface area contributed by atoms with Gasteiger partial charge in [-0.1, -0.05) is 31.5 Å². The van der Waals surface area contributed by atoms with Crippen molar-refractivity contribution in [2.75, 3.05) is 0 Å². The highest BCUT2D eigenvalue weighted by atomic mass is 32.2. The third-order valence-corrected chi connectivity index (χ3v) is 3.68. The summed E-state index contributed by atoms with van der Waals surface area (Å²) >= 11 is 0. The van der Waals surface area contributed by atoms with Crippen molar-refractivity contribution < 1.29 is 21.6 Å². The zero-order valence-electron chi connectivity index (χ0n) is 11.2. The van der Waals surface area contributed by atoms with E-state index in [1.165, 1.54) is 26.0 Å². The lowest BCUT2D eigenvalue weighted by atomic mass is 10.1. The second kappa shape index (κ2) is 5.82. The van der Waals surface area contributed by atoms with Gasteiger partial charge in [-0.2, -0.15) is 31.5 Å². The number of halogens is 3. The summed E-state index contributed by atoms with van der Waals surface area (Å²) in [6, 6.07) is 5.70. The Hall–Kier alpha value is -1.57. The smallest absolute Gasteiger partial charge is 0.200 e. The molecule has 0 aliphatic carbocycles. The maximum Gasteiger partial charge on any atom is 0.431 e. The Kier molecular flexibility index (Phi) is 4.80. The van der Waals surface area contributed by atoms with Crippen molar-refractivity contribution in [1.29, 1.82) is 0 Å². The molecular formula is C12H15F3N2O2S. The van der Waals surface area contributed by atoms with Crippen LogP contribution in [0.2, 0.25) is 0 Å². The first kappa shape index (κ1) is 16.5.